The number of imidazole rings is 1. The van der Waals surface area contributed by atoms with Crippen LogP contribution in [0, 0.1) is 0 Å². The van der Waals surface area contributed by atoms with Crippen LogP contribution in [-0.2, 0) is 16.1 Å². The van der Waals surface area contributed by atoms with Gasteiger partial charge in [0, 0.05) is 23.0 Å². The van der Waals surface area contributed by atoms with Gasteiger partial charge in [-0.2, -0.15) is 0 Å². The molecule has 1 aliphatic rings. The maximum absolute atomic E-state index is 13.5. The zero-order valence-corrected chi connectivity index (χ0v) is 20.8. The summed E-state index contributed by atoms with van der Waals surface area (Å²) < 4.78 is 8.25. The standard InChI is InChI=1S/C25H23BrClN3O4/c1-2-34-20-9-6-17(14-19(20)27)23(31)21-22(16-4-7-18(26)8-5-16)30(25(33)24(21)32)12-3-11-29-13-10-28-15-29/h4-10,13-15,22H,2-3,11-12H2,1H3,(H,31,32). The summed E-state index contributed by atoms with van der Waals surface area (Å²) in [7, 11) is 0. The molecule has 2 heterocycles. The van der Waals surface area contributed by atoms with Crippen molar-refractivity contribution in [3.8, 4) is 5.75 Å². The van der Waals surface area contributed by atoms with Crippen molar-refractivity contribution in [2.24, 2.45) is 0 Å². The third-order valence-corrected chi connectivity index (χ3v) is 6.45. The Morgan fingerprint density at radius 3 is 2.65 bits per heavy atom. The Bertz CT molecular complexity index is 1230. The van der Waals surface area contributed by atoms with Crippen molar-refractivity contribution in [1.29, 1.82) is 0 Å². The number of benzene rings is 2. The van der Waals surface area contributed by atoms with Gasteiger partial charge in [-0.15, -0.1) is 0 Å². The molecule has 1 saturated heterocycles. The fourth-order valence-corrected chi connectivity index (χ4v) is 4.55. The van der Waals surface area contributed by atoms with Crippen LogP contribution >= 0.6 is 27.5 Å². The van der Waals surface area contributed by atoms with Gasteiger partial charge >= 0.3 is 0 Å². The van der Waals surface area contributed by atoms with Crippen LogP contribution in [0.25, 0.3) is 5.76 Å². The molecular weight excluding hydrogens is 522 g/mol. The first kappa shape index (κ1) is 24.0. The molecule has 1 amide bonds. The molecule has 0 spiro atoms. The SMILES string of the molecule is CCOc1ccc(/C([O-])=C2\C(=O)C(=O)N(CCC[n+]3cc[nH]c3)C2c2ccc(Br)cc2)cc1Cl. The van der Waals surface area contributed by atoms with Gasteiger partial charge in [0.15, 0.2) is 0 Å². The number of amides is 1. The molecule has 1 aliphatic heterocycles. The number of likely N-dealkylation sites (tertiary alicyclic amines) is 1. The topological polar surface area (TPSA) is 89.3 Å². The number of hydrogen-bond acceptors (Lipinski definition) is 4. The van der Waals surface area contributed by atoms with Crippen LogP contribution in [0.4, 0.5) is 0 Å². The fourth-order valence-electron chi connectivity index (χ4n) is 4.05. The fraction of sp³-hybridized carbons (Fsp3) is 0.240. The van der Waals surface area contributed by atoms with Gasteiger partial charge in [0.2, 0.25) is 12.1 Å². The molecule has 0 bridgehead atoms. The van der Waals surface area contributed by atoms with E-state index in [2.05, 4.69) is 20.9 Å². The van der Waals surface area contributed by atoms with E-state index in [9.17, 15) is 14.7 Å². The number of rotatable bonds is 8. The highest BCUT2D eigenvalue weighted by molar-refractivity contribution is 9.10. The number of hydrogen-bond donors (Lipinski definition) is 1. The predicted molar refractivity (Wildman–Crippen MR) is 129 cm³/mol. The molecule has 1 atom stereocenters. The van der Waals surface area contributed by atoms with Crippen LogP contribution in [0.2, 0.25) is 5.02 Å². The van der Waals surface area contributed by atoms with E-state index in [0.29, 0.717) is 37.4 Å². The minimum Gasteiger partial charge on any atom is -0.872 e. The number of aromatic amines is 1. The third kappa shape index (κ3) is 4.88. The van der Waals surface area contributed by atoms with E-state index in [1.54, 1.807) is 12.1 Å². The summed E-state index contributed by atoms with van der Waals surface area (Å²) in [5.41, 5.74) is 0.857. The maximum Gasteiger partial charge on any atom is 0.295 e. The Kier molecular flexibility index (Phi) is 7.38. The molecule has 2 aromatic carbocycles. The van der Waals surface area contributed by atoms with Gasteiger partial charge in [-0.1, -0.05) is 51.5 Å². The summed E-state index contributed by atoms with van der Waals surface area (Å²) in [6, 6.07) is 11.1. The molecule has 1 N–H and O–H groups in total. The van der Waals surface area contributed by atoms with E-state index < -0.39 is 23.5 Å². The van der Waals surface area contributed by atoms with Gasteiger partial charge in [-0.25, -0.2) is 4.57 Å². The Morgan fingerprint density at radius 1 is 1.24 bits per heavy atom. The average molecular weight is 545 g/mol. The predicted octanol–water partition coefficient (Wildman–Crippen LogP) is 3.43. The minimum absolute atomic E-state index is 0.0677. The second-order valence-electron chi connectivity index (χ2n) is 7.81. The summed E-state index contributed by atoms with van der Waals surface area (Å²) in [6.07, 6.45) is 6.13. The quantitative estimate of drug-likeness (QED) is 0.204. The number of aromatic nitrogens is 2. The molecule has 1 aromatic heterocycles. The lowest BCUT2D eigenvalue weighted by Crippen LogP contribution is -2.36. The second-order valence-corrected chi connectivity index (χ2v) is 9.13. The zero-order valence-electron chi connectivity index (χ0n) is 18.5. The summed E-state index contributed by atoms with van der Waals surface area (Å²) in [4.78, 5) is 30.6. The number of carbonyl (C=O) groups excluding carboxylic acids is 2. The van der Waals surface area contributed by atoms with E-state index in [1.807, 2.05) is 54.5 Å². The van der Waals surface area contributed by atoms with E-state index in [4.69, 9.17) is 16.3 Å². The normalized spacial score (nSPS) is 17.4. The summed E-state index contributed by atoms with van der Waals surface area (Å²) in [5.74, 6) is -1.52. The van der Waals surface area contributed by atoms with Crippen LogP contribution in [0.1, 0.15) is 30.5 Å². The molecule has 0 aliphatic carbocycles. The van der Waals surface area contributed by atoms with Gasteiger partial charge in [-0.05, 0) is 42.3 Å². The van der Waals surface area contributed by atoms with Crippen molar-refractivity contribution < 1.29 is 24.0 Å². The lowest BCUT2D eigenvalue weighted by atomic mass is 9.95. The lowest BCUT2D eigenvalue weighted by molar-refractivity contribution is -0.695. The number of nitrogens with zero attached hydrogens (tertiary/aromatic N) is 2. The van der Waals surface area contributed by atoms with Crippen molar-refractivity contribution in [1.82, 2.24) is 9.88 Å². The number of H-pyrrole nitrogens is 1. The molecule has 7 nitrogen and oxygen atoms in total. The van der Waals surface area contributed by atoms with Gasteiger partial charge in [0.25, 0.3) is 5.91 Å². The van der Waals surface area contributed by atoms with E-state index in [1.165, 1.54) is 11.0 Å². The molecule has 9 heteroatoms. The lowest BCUT2D eigenvalue weighted by Gasteiger charge is -2.27. The van der Waals surface area contributed by atoms with Crippen LogP contribution in [0.15, 0.2) is 71.2 Å². The number of Topliss-reactive ketones (excluding diaryl/α,β-unsaturated/α-hetero) is 1. The van der Waals surface area contributed by atoms with Crippen molar-refractivity contribution in [3.63, 3.8) is 0 Å². The van der Waals surface area contributed by atoms with Crippen LogP contribution in [0.3, 0.4) is 0 Å². The molecule has 3 aromatic rings. The first-order valence-corrected chi connectivity index (χ1v) is 12.0. The van der Waals surface area contributed by atoms with Crippen molar-refractivity contribution >= 4 is 45.0 Å². The molecular formula is C25H23BrClN3O4. The minimum atomic E-state index is -0.780. The highest BCUT2D eigenvalue weighted by atomic mass is 79.9. The molecule has 0 saturated carbocycles. The number of ketones is 1. The molecule has 4 rings (SSSR count). The number of carbonyl (C=O) groups is 2. The Balaban J connectivity index is 1.73. The Labute approximate surface area is 210 Å². The van der Waals surface area contributed by atoms with Gasteiger partial charge < -0.3 is 14.7 Å². The third-order valence-electron chi connectivity index (χ3n) is 5.63. The Morgan fingerprint density at radius 2 is 2.00 bits per heavy atom. The molecule has 176 valence electrons. The monoisotopic (exact) mass is 543 g/mol. The maximum atomic E-state index is 13.5. The number of ether oxygens (including phenoxy) is 1. The molecule has 0 radical (unpaired) electrons. The first-order chi connectivity index (χ1) is 16.4. The van der Waals surface area contributed by atoms with Crippen molar-refractivity contribution in [2.75, 3.05) is 13.2 Å². The van der Waals surface area contributed by atoms with Gasteiger partial charge in [0.1, 0.15) is 18.1 Å². The second kappa shape index (κ2) is 10.4. The van der Waals surface area contributed by atoms with Crippen LogP contribution in [0.5, 0.6) is 5.75 Å². The zero-order chi connectivity index (χ0) is 24.2. The van der Waals surface area contributed by atoms with Crippen molar-refractivity contribution in [2.45, 2.75) is 25.9 Å². The molecule has 1 fully saturated rings. The smallest absolute Gasteiger partial charge is 0.295 e. The highest BCUT2D eigenvalue weighted by Crippen LogP contribution is 2.39. The largest absolute Gasteiger partial charge is 0.872 e. The van der Waals surface area contributed by atoms with Crippen molar-refractivity contribution in [3.05, 3.63) is 87.4 Å². The Hall–Kier alpha value is -3.10. The van der Waals surface area contributed by atoms with E-state index in [0.717, 1.165) is 4.47 Å². The highest BCUT2D eigenvalue weighted by Gasteiger charge is 2.43. The molecule has 1 unspecified atom stereocenters. The summed E-state index contributed by atoms with van der Waals surface area (Å²) in [5, 5.41) is 13.8. The number of aryl methyl sites for hydroxylation is 1. The summed E-state index contributed by atoms with van der Waals surface area (Å²) in [6.45, 7) is 3.25. The van der Waals surface area contributed by atoms with Gasteiger partial charge in [-0.3, -0.25) is 14.6 Å². The number of nitrogens with one attached hydrogen (secondary N) is 1. The average Bonchev–Trinajstić information content (AvgIpc) is 3.43. The number of halogens is 2. The van der Waals surface area contributed by atoms with Crippen LogP contribution in [-0.4, -0.2) is 34.7 Å². The molecule has 34 heavy (non-hydrogen) atoms. The van der Waals surface area contributed by atoms with E-state index in [-0.39, 0.29) is 16.2 Å². The first-order valence-electron chi connectivity index (χ1n) is 10.9. The van der Waals surface area contributed by atoms with Gasteiger partial charge in [0.05, 0.1) is 24.2 Å². The van der Waals surface area contributed by atoms with Crippen LogP contribution < -0.4 is 14.4 Å². The summed E-state index contributed by atoms with van der Waals surface area (Å²) >= 11 is 9.69. The van der Waals surface area contributed by atoms with E-state index >= 15 is 0 Å².